The molecule has 0 saturated heterocycles. The van der Waals surface area contributed by atoms with Crippen molar-refractivity contribution in [3.05, 3.63) is 79.7 Å². The van der Waals surface area contributed by atoms with E-state index in [0.29, 0.717) is 12.8 Å². The van der Waals surface area contributed by atoms with E-state index >= 15 is 0 Å². The molecule has 182 valence electrons. The predicted molar refractivity (Wildman–Crippen MR) is 126 cm³/mol. The first-order valence-electron chi connectivity index (χ1n) is 10.5. The maximum atomic E-state index is 13.9. The first-order chi connectivity index (χ1) is 16.0. The summed E-state index contributed by atoms with van der Waals surface area (Å²) in [5.74, 6) is -2.28. The summed E-state index contributed by atoms with van der Waals surface area (Å²) in [5, 5.41) is 5.94. The number of amides is 1. The average molecular weight is 515 g/mol. The maximum Gasteiger partial charge on any atom is 0.399 e. The molecule has 3 unspecified atom stereocenters. The first-order valence-corrected chi connectivity index (χ1v) is 11.3. The van der Waals surface area contributed by atoms with Gasteiger partial charge < -0.3 is 10.1 Å². The van der Waals surface area contributed by atoms with Gasteiger partial charge in [-0.15, -0.1) is 4.91 Å². The van der Waals surface area contributed by atoms with Crippen molar-refractivity contribution in [1.82, 2.24) is 5.32 Å². The third-order valence-corrected chi connectivity index (χ3v) is 6.18. The molecule has 1 amide bonds. The number of nitrogens with one attached hydrogen (secondary N) is 1. The normalized spacial score (nSPS) is 17.7. The lowest BCUT2D eigenvalue weighted by Crippen LogP contribution is -2.29. The van der Waals surface area contributed by atoms with Gasteiger partial charge in [0.25, 0.3) is 0 Å². The molecule has 0 radical (unpaired) electrons. The van der Waals surface area contributed by atoms with Crippen LogP contribution in [0.25, 0.3) is 5.70 Å². The molecule has 2 aromatic carbocycles. The SMILES string of the molecule is COC(C)CC(=O)NC1CCc2cc(C(=CC(c3cc(Cl)cc(Cl)c3)C(F)(F)F)N=O)ccc21. The topological polar surface area (TPSA) is 67.8 Å². The number of carbonyl (C=O) groups is 1. The highest BCUT2D eigenvalue weighted by molar-refractivity contribution is 6.34. The van der Waals surface area contributed by atoms with Crippen LogP contribution in [0.3, 0.4) is 0 Å². The van der Waals surface area contributed by atoms with Gasteiger partial charge in [0, 0.05) is 22.7 Å². The molecule has 0 fully saturated rings. The van der Waals surface area contributed by atoms with Crippen LogP contribution < -0.4 is 5.32 Å². The summed E-state index contributed by atoms with van der Waals surface area (Å²) in [7, 11) is 1.53. The predicted octanol–water partition coefficient (Wildman–Crippen LogP) is 6.98. The molecule has 1 aliphatic rings. The van der Waals surface area contributed by atoms with Gasteiger partial charge in [-0.2, -0.15) is 13.2 Å². The molecule has 3 rings (SSSR count). The van der Waals surface area contributed by atoms with E-state index in [4.69, 9.17) is 27.9 Å². The lowest BCUT2D eigenvalue weighted by molar-refractivity contribution is -0.139. The number of alkyl halides is 3. The van der Waals surface area contributed by atoms with Crippen LogP contribution in [0.5, 0.6) is 0 Å². The van der Waals surface area contributed by atoms with E-state index < -0.39 is 12.1 Å². The summed E-state index contributed by atoms with van der Waals surface area (Å²) in [6.07, 6.45) is -2.68. The Bertz CT molecular complexity index is 1090. The van der Waals surface area contributed by atoms with E-state index in [9.17, 15) is 22.9 Å². The summed E-state index contributed by atoms with van der Waals surface area (Å²) in [4.78, 5) is 23.8. The van der Waals surface area contributed by atoms with E-state index in [1.807, 2.05) is 0 Å². The van der Waals surface area contributed by atoms with Crippen LogP contribution in [0.4, 0.5) is 13.2 Å². The Kier molecular flexibility index (Phi) is 8.38. The number of fused-ring (bicyclic) bond motifs is 1. The van der Waals surface area contributed by atoms with Gasteiger partial charge in [-0.05, 0) is 72.0 Å². The van der Waals surface area contributed by atoms with Gasteiger partial charge in [-0.25, -0.2) is 0 Å². The van der Waals surface area contributed by atoms with Gasteiger partial charge in [0.15, 0.2) is 0 Å². The molecule has 2 aromatic rings. The number of halogens is 5. The molecular weight excluding hydrogens is 492 g/mol. The maximum absolute atomic E-state index is 13.9. The van der Waals surface area contributed by atoms with Gasteiger partial charge in [0.2, 0.25) is 5.91 Å². The average Bonchev–Trinajstić information content (AvgIpc) is 3.14. The quantitative estimate of drug-likeness (QED) is 0.386. The minimum absolute atomic E-state index is 0.0521. The van der Waals surface area contributed by atoms with Crippen molar-refractivity contribution >= 4 is 34.8 Å². The third-order valence-electron chi connectivity index (χ3n) is 5.75. The Hall–Kier alpha value is -2.42. The molecule has 3 atom stereocenters. The molecule has 0 aliphatic heterocycles. The monoisotopic (exact) mass is 514 g/mol. The van der Waals surface area contributed by atoms with Crippen molar-refractivity contribution in [2.45, 2.75) is 50.4 Å². The van der Waals surface area contributed by atoms with Gasteiger partial charge in [-0.1, -0.05) is 35.3 Å². The molecule has 0 saturated carbocycles. The smallest absolute Gasteiger partial charge is 0.381 e. The Morgan fingerprint density at radius 1 is 1.24 bits per heavy atom. The van der Waals surface area contributed by atoms with E-state index in [2.05, 4.69) is 10.5 Å². The molecule has 34 heavy (non-hydrogen) atoms. The number of aryl methyl sites for hydroxylation is 1. The van der Waals surface area contributed by atoms with E-state index in [0.717, 1.165) is 29.3 Å². The zero-order chi connectivity index (χ0) is 25.0. The minimum atomic E-state index is -4.70. The number of hydrogen-bond donors (Lipinski definition) is 1. The van der Waals surface area contributed by atoms with Crippen LogP contribution in [-0.4, -0.2) is 25.3 Å². The molecule has 0 aromatic heterocycles. The molecular formula is C24H23Cl2F3N2O3. The van der Waals surface area contributed by atoms with Crippen LogP contribution >= 0.6 is 23.2 Å². The van der Waals surface area contributed by atoms with Crippen LogP contribution in [-0.2, 0) is 16.0 Å². The number of ether oxygens (including phenoxy) is 1. The number of hydrogen-bond acceptors (Lipinski definition) is 4. The molecule has 0 spiro atoms. The fourth-order valence-corrected chi connectivity index (χ4v) is 4.54. The van der Waals surface area contributed by atoms with Crippen molar-refractivity contribution in [3.63, 3.8) is 0 Å². The first kappa shape index (κ1) is 26.2. The molecule has 10 heteroatoms. The van der Waals surface area contributed by atoms with E-state index in [1.54, 1.807) is 19.1 Å². The lowest BCUT2D eigenvalue weighted by atomic mass is 9.95. The minimum Gasteiger partial charge on any atom is -0.381 e. The fourth-order valence-electron chi connectivity index (χ4n) is 4.00. The number of benzene rings is 2. The second kappa shape index (κ2) is 10.9. The zero-order valence-electron chi connectivity index (χ0n) is 18.5. The fraction of sp³-hybridized carbons (Fsp3) is 0.375. The number of nitroso groups, excluding NO2 is 1. The Balaban J connectivity index is 1.89. The number of methoxy groups -OCH3 is 1. The second-order valence-electron chi connectivity index (χ2n) is 8.19. The second-order valence-corrected chi connectivity index (χ2v) is 9.06. The number of rotatable bonds is 8. The van der Waals surface area contributed by atoms with Crippen LogP contribution in [0.15, 0.2) is 47.7 Å². The van der Waals surface area contributed by atoms with Crippen molar-refractivity contribution in [3.8, 4) is 0 Å². The van der Waals surface area contributed by atoms with Crippen LogP contribution in [0.1, 0.15) is 54.0 Å². The molecule has 1 N–H and O–H groups in total. The summed E-state index contributed by atoms with van der Waals surface area (Å²) in [6, 6.07) is 8.32. The Morgan fingerprint density at radius 2 is 1.91 bits per heavy atom. The van der Waals surface area contributed by atoms with E-state index in [1.165, 1.54) is 19.2 Å². The van der Waals surface area contributed by atoms with Crippen molar-refractivity contribution < 1.29 is 22.7 Å². The molecule has 1 aliphatic carbocycles. The largest absolute Gasteiger partial charge is 0.399 e. The Morgan fingerprint density at radius 3 is 2.50 bits per heavy atom. The number of allylic oxidation sites excluding steroid dienone is 1. The summed E-state index contributed by atoms with van der Waals surface area (Å²) in [5.41, 5.74) is 1.42. The summed E-state index contributed by atoms with van der Waals surface area (Å²) >= 11 is 11.8. The van der Waals surface area contributed by atoms with Crippen molar-refractivity contribution in [2.24, 2.45) is 5.18 Å². The standard InChI is InChI=1S/C24H23Cl2F3N2O3/c1-13(34-2)7-23(32)30-21-6-4-14-8-15(3-5-19(14)21)22(31-33)12-20(24(27,28)29)16-9-17(25)11-18(26)10-16/h3,5,8-13,20-21H,4,6-7H2,1-2H3,(H,30,32). The summed E-state index contributed by atoms with van der Waals surface area (Å²) in [6.45, 7) is 1.79. The highest BCUT2D eigenvalue weighted by Gasteiger charge is 2.40. The lowest BCUT2D eigenvalue weighted by Gasteiger charge is -2.19. The Labute approximate surface area is 205 Å². The van der Waals surface area contributed by atoms with Crippen molar-refractivity contribution in [1.29, 1.82) is 0 Å². The van der Waals surface area contributed by atoms with Crippen LogP contribution in [0, 0.1) is 4.91 Å². The van der Waals surface area contributed by atoms with Gasteiger partial charge in [-0.3, -0.25) is 4.79 Å². The van der Waals surface area contributed by atoms with Crippen molar-refractivity contribution in [2.75, 3.05) is 7.11 Å². The van der Waals surface area contributed by atoms with Gasteiger partial charge in [0.05, 0.1) is 18.6 Å². The highest BCUT2D eigenvalue weighted by atomic mass is 35.5. The molecule has 5 nitrogen and oxygen atoms in total. The van der Waals surface area contributed by atoms with Gasteiger partial charge >= 0.3 is 6.18 Å². The number of nitrogens with zero attached hydrogens (tertiary/aromatic N) is 1. The number of carbonyl (C=O) groups excluding carboxylic acids is 1. The highest BCUT2D eigenvalue weighted by Crippen LogP contribution is 2.41. The van der Waals surface area contributed by atoms with E-state index in [-0.39, 0.29) is 51.3 Å². The van der Waals surface area contributed by atoms with Crippen LogP contribution in [0.2, 0.25) is 10.0 Å². The molecule has 0 bridgehead atoms. The zero-order valence-corrected chi connectivity index (χ0v) is 20.0. The summed E-state index contributed by atoms with van der Waals surface area (Å²) < 4.78 is 46.7. The molecule has 0 heterocycles. The van der Waals surface area contributed by atoms with Gasteiger partial charge in [0.1, 0.15) is 11.6 Å². The third kappa shape index (κ3) is 6.37.